The zero-order valence-electron chi connectivity index (χ0n) is 20.4. The molecule has 2 saturated heterocycles. The number of benzene rings is 1. The van der Waals surface area contributed by atoms with Crippen molar-refractivity contribution in [2.24, 2.45) is 11.8 Å². The largest absolute Gasteiger partial charge is 0.378 e. The maximum absolute atomic E-state index is 13.4. The summed E-state index contributed by atoms with van der Waals surface area (Å²) >= 11 is 0. The second-order valence-electron chi connectivity index (χ2n) is 9.75. The number of rotatable bonds is 7. The van der Waals surface area contributed by atoms with Gasteiger partial charge in [-0.25, -0.2) is 0 Å². The van der Waals surface area contributed by atoms with E-state index in [1.807, 2.05) is 35.8 Å². The summed E-state index contributed by atoms with van der Waals surface area (Å²) in [4.78, 5) is 44.1. The molecule has 0 bridgehead atoms. The fourth-order valence-electron chi connectivity index (χ4n) is 4.26. The average Bonchev–Trinajstić information content (AvgIpc) is 2.78. The van der Waals surface area contributed by atoms with Gasteiger partial charge < -0.3 is 24.8 Å². The zero-order chi connectivity index (χ0) is 24.0. The fourth-order valence-corrected chi connectivity index (χ4v) is 4.26. The smallest absolute Gasteiger partial charge is 0.256 e. The van der Waals surface area contributed by atoms with Crippen molar-refractivity contribution >= 4 is 29.1 Å². The van der Waals surface area contributed by atoms with Gasteiger partial charge in [-0.1, -0.05) is 27.7 Å². The van der Waals surface area contributed by atoms with Gasteiger partial charge in [0.1, 0.15) is 0 Å². The molecule has 0 radical (unpaired) electrons. The van der Waals surface area contributed by atoms with E-state index >= 15 is 0 Å². The minimum absolute atomic E-state index is 0.0495. The van der Waals surface area contributed by atoms with Crippen LogP contribution in [-0.4, -0.2) is 80.0 Å². The van der Waals surface area contributed by atoms with Crippen molar-refractivity contribution in [3.8, 4) is 0 Å². The Bertz CT molecular complexity index is 841. The van der Waals surface area contributed by atoms with Crippen molar-refractivity contribution in [3.05, 3.63) is 23.8 Å². The molecule has 0 saturated carbocycles. The lowest BCUT2D eigenvalue weighted by Gasteiger charge is -2.38. The van der Waals surface area contributed by atoms with Crippen LogP contribution < -0.4 is 10.2 Å². The summed E-state index contributed by atoms with van der Waals surface area (Å²) in [5.41, 5.74) is 2.07. The molecule has 1 aromatic rings. The molecule has 0 aromatic heterocycles. The van der Waals surface area contributed by atoms with Crippen molar-refractivity contribution in [3.63, 3.8) is 0 Å². The summed E-state index contributed by atoms with van der Waals surface area (Å²) in [6, 6.07) is 5.58. The van der Waals surface area contributed by atoms with E-state index in [4.69, 9.17) is 4.74 Å². The summed E-state index contributed by atoms with van der Waals surface area (Å²) in [6.07, 6.45) is 0.992. The maximum Gasteiger partial charge on any atom is 0.256 e. The van der Waals surface area contributed by atoms with Crippen LogP contribution >= 0.6 is 0 Å². The molecule has 2 aliphatic heterocycles. The highest BCUT2D eigenvalue weighted by Crippen LogP contribution is 2.28. The Morgan fingerprint density at radius 2 is 1.52 bits per heavy atom. The van der Waals surface area contributed by atoms with Crippen LogP contribution in [-0.2, 0) is 14.3 Å². The van der Waals surface area contributed by atoms with Crippen LogP contribution in [0.3, 0.4) is 0 Å². The third-order valence-corrected chi connectivity index (χ3v) is 5.96. The van der Waals surface area contributed by atoms with Crippen LogP contribution in [0.1, 0.15) is 50.9 Å². The molecule has 0 spiro atoms. The molecule has 0 unspecified atom stereocenters. The van der Waals surface area contributed by atoms with Gasteiger partial charge >= 0.3 is 0 Å². The number of piperazine rings is 1. The van der Waals surface area contributed by atoms with Crippen molar-refractivity contribution in [1.29, 1.82) is 0 Å². The third-order valence-electron chi connectivity index (χ3n) is 5.96. The number of carbonyl (C=O) groups is 3. The van der Waals surface area contributed by atoms with Gasteiger partial charge in [0, 0.05) is 63.5 Å². The van der Waals surface area contributed by atoms with E-state index in [0.29, 0.717) is 82.5 Å². The maximum atomic E-state index is 13.4. The lowest BCUT2D eigenvalue weighted by molar-refractivity contribution is -0.132. The lowest BCUT2D eigenvalue weighted by atomic mass is 10.1. The van der Waals surface area contributed by atoms with Gasteiger partial charge in [-0.05, 0) is 30.0 Å². The Balaban J connectivity index is 1.79. The Morgan fingerprint density at radius 1 is 0.879 bits per heavy atom. The number of ether oxygens (including phenoxy) is 1. The van der Waals surface area contributed by atoms with Gasteiger partial charge in [-0.2, -0.15) is 0 Å². The number of anilines is 2. The Kier molecular flexibility index (Phi) is 8.72. The zero-order valence-corrected chi connectivity index (χ0v) is 20.4. The normalized spacial score (nSPS) is 17.0. The summed E-state index contributed by atoms with van der Waals surface area (Å²) in [5.74, 6) is 0.684. The summed E-state index contributed by atoms with van der Waals surface area (Å²) < 4.78 is 5.41. The molecule has 1 N–H and O–H groups in total. The number of amides is 3. The van der Waals surface area contributed by atoms with Gasteiger partial charge in [0.05, 0.1) is 18.8 Å². The van der Waals surface area contributed by atoms with Crippen LogP contribution in [0.15, 0.2) is 18.2 Å². The van der Waals surface area contributed by atoms with Crippen LogP contribution in [0.4, 0.5) is 11.4 Å². The molecule has 1 aromatic carbocycles. The van der Waals surface area contributed by atoms with E-state index in [1.165, 1.54) is 0 Å². The summed E-state index contributed by atoms with van der Waals surface area (Å²) in [7, 11) is 0. The highest BCUT2D eigenvalue weighted by Gasteiger charge is 2.27. The lowest BCUT2D eigenvalue weighted by Crippen LogP contribution is -2.49. The first-order valence-corrected chi connectivity index (χ1v) is 12.1. The molecule has 0 atom stereocenters. The molecule has 3 amide bonds. The number of hydrogen-bond donors (Lipinski definition) is 1. The van der Waals surface area contributed by atoms with E-state index in [-0.39, 0.29) is 23.6 Å². The molecule has 182 valence electrons. The first kappa shape index (κ1) is 25.0. The molecule has 3 rings (SSSR count). The summed E-state index contributed by atoms with van der Waals surface area (Å²) in [5, 5.41) is 2.94. The molecule has 8 nitrogen and oxygen atoms in total. The highest BCUT2D eigenvalue weighted by molar-refractivity contribution is 6.02. The number of hydrogen-bond acceptors (Lipinski definition) is 5. The van der Waals surface area contributed by atoms with E-state index in [0.717, 1.165) is 5.69 Å². The standard InChI is InChI=1S/C25H38N4O4/c1-18(2)15-23(30)26-20-5-6-22(21(17-20)25(32)29-11-13-33-14-12-29)27-7-9-28(10-8-27)24(31)16-19(3)4/h5-6,17-19H,7-16H2,1-4H3,(H,26,30). The Labute approximate surface area is 197 Å². The van der Waals surface area contributed by atoms with Crippen LogP contribution in [0.2, 0.25) is 0 Å². The van der Waals surface area contributed by atoms with E-state index in [2.05, 4.69) is 24.1 Å². The topological polar surface area (TPSA) is 82.2 Å². The Morgan fingerprint density at radius 3 is 2.12 bits per heavy atom. The molecular formula is C25H38N4O4. The number of carbonyl (C=O) groups excluding carboxylic acids is 3. The average molecular weight is 459 g/mol. The molecule has 0 aliphatic carbocycles. The van der Waals surface area contributed by atoms with E-state index < -0.39 is 0 Å². The number of nitrogens with zero attached hydrogens (tertiary/aromatic N) is 3. The third kappa shape index (κ3) is 6.93. The molecular weight excluding hydrogens is 420 g/mol. The minimum atomic E-state index is -0.0557. The second kappa shape index (κ2) is 11.5. The van der Waals surface area contributed by atoms with Crippen molar-refractivity contribution < 1.29 is 19.1 Å². The Hall–Kier alpha value is -2.61. The SMILES string of the molecule is CC(C)CC(=O)Nc1ccc(N2CCN(C(=O)CC(C)C)CC2)c(C(=O)N2CCOCC2)c1. The van der Waals surface area contributed by atoms with Crippen LogP contribution in [0, 0.1) is 11.8 Å². The number of nitrogens with one attached hydrogen (secondary N) is 1. The van der Waals surface area contributed by atoms with Gasteiger partial charge in [0.15, 0.2) is 0 Å². The monoisotopic (exact) mass is 458 g/mol. The van der Waals surface area contributed by atoms with E-state index in [1.54, 1.807) is 6.07 Å². The van der Waals surface area contributed by atoms with E-state index in [9.17, 15) is 14.4 Å². The van der Waals surface area contributed by atoms with Gasteiger partial charge in [-0.3, -0.25) is 14.4 Å². The van der Waals surface area contributed by atoms with Gasteiger partial charge in [0.25, 0.3) is 5.91 Å². The minimum Gasteiger partial charge on any atom is -0.378 e. The molecule has 8 heteroatoms. The van der Waals surface area contributed by atoms with Crippen LogP contribution in [0.25, 0.3) is 0 Å². The molecule has 2 heterocycles. The van der Waals surface area contributed by atoms with Crippen molar-refractivity contribution in [1.82, 2.24) is 9.80 Å². The predicted octanol–water partition coefficient (Wildman–Crippen LogP) is 2.84. The number of morpholine rings is 1. The second-order valence-corrected chi connectivity index (χ2v) is 9.75. The van der Waals surface area contributed by atoms with Crippen molar-refractivity contribution in [2.75, 3.05) is 62.7 Å². The predicted molar refractivity (Wildman–Crippen MR) is 129 cm³/mol. The molecule has 2 aliphatic rings. The molecule has 2 fully saturated rings. The fraction of sp³-hybridized carbons (Fsp3) is 0.640. The van der Waals surface area contributed by atoms with Gasteiger partial charge in [-0.15, -0.1) is 0 Å². The highest BCUT2D eigenvalue weighted by atomic mass is 16.5. The van der Waals surface area contributed by atoms with Crippen LogP contribution in [0.5, 0.6) is 0 Å². The quantitative estimate of drug-likeness (QED) is 0.680. The van der Waals surface area contributed by atoms with Gasteiger partial charge in [0.2, 0.25) is 11.8 Å². The first-order valence-electron chi connectivity index (χ1n) is 12.1. The summed E-state index contributed by atoms with van der Waals surface area (Å²) in [6.45, 7) is 12.9. The first-order chi connectivity index (χ1) is 15.7. The van der Waals surface area contributed by atoms with Crippen molar-refractivity contribution in [2.45, 2.75) is 40.5 Å². The molecule has 33 heavy (non-hydrogen) atoms.